The average molecular weight is 364 g/mol. The number of thiophene rings is 1. The van der Waals surface area contributed by atoms with E-state index in [4.69, 9.17) is 9.47 Å². The van der Waals surface area contributed by atoms with Gasteiger partial charge in [-0.05, 0) is 48.4 Å². The molecule has 0 fully saturated rings. The van der Waals surface area contributed by atoms with Crippen LogP contribution < -0.4 is 9.47 Å². The number of hydrogen-bond acceptors (Lipinski definition) is 4. The number of hydrogen-bond donors (Lipinski definition) is 0. The molecule has 0 aliphatic rings. The zero-order valence-corrected chi connectivity index (χ0v) is 15.6. The first-order valence-electron chi connectivity index (χ1n) is 8.29. The molecule has 0 N–H and O–H groups in total. The lowest BCUT2D eigenvalue weighted by atomic mass is 10.1. The van der Waals surface area contributed by atoms with Crippen LogP contribution in [0.25, 0.3) is 6.08 Å². The Morgan fingerprint density at radius 2 is 1.85 bits per heavy atom. The number of carbonyl (C=O) groups excluding carboxylic acids is 1. The Labute approximate surface area is 157 Å². The first kappa shape index (κ1) is 18.0. The van der Waals surface area contributed by atoms with Crippen molar-refractivity contribution >= 4 is 23.2 Å². The Morgan fingerprint density at radius 1 is 1.04 bits per heavy atom. The molecule has 0 aliphatic heterocycles. The van der Waals surface area contributed by atoms with E-state index in [0.717, 1.165) is 20.9 Å². The van der Waals surface area contributed by atoms with Gasteiger partial charge in [-0.15, -0.1) is 11.3 Å². The second-order valence-corrected chi connectivity index (χ2v) is 7.08. The molecule has 0 atom stereocenters. The van der Waals surface area contributed by atoms with Gasteiger partial charge in [0.2, 0.25) is 0 Å². The number of methoxy groups -OCH3 is 1. The number of rotatable bonds is 7. The quantitative estimate of drug-likeness (QED) is 0.408. The molecule has 1 aromatic heterocycles. The minimum Gasteiger partial charge on any atom is -0.493 e. The Morgan fingerprint density at radius 3 is 2.54 bits per heavy atom. The summed E-state index contributed by atoms with van der Waals surface area (Å²) < 4.78 is 11.3. The van der Waals surface area contributed by atoms with Crippen LogP contribution in [0, 0.1) is 6.92 Å². The van der Waals surface area contributed by atoms with Crippen LogP contribution in [-0.4, -0.2) is 12.9 Å². The highest BCUT2D eigenvalue weighted by Gasteiger charge is 2.07. The van der Waals surface area contributed by atoms with E-state index in [1.807, 2.05) is 67.6 Å². The maximum Gasteiger partial charge on any atom is 0.195 e. The monoisotopic (exact) mass is 364 g/mol. The van der Waals surface area contributed by atoms with Crippen molar-refractivity contribution in [2.24, 2.45) is 0 Å². The molecule has 0 unspecified atom stereocenters. The summed E-state index contributed by atoms with van der Waals surface area (Å²) in [5.41, 5.74) is 1.98. The van der Waals surface area contributed by atoms with Crippen LogP contribution in [0.5, 0.6) is 11.5 Å². The van der Waals surface area contributed by atoms with Gasteiger partial charge in [0.1, 0.15) is 6.61 Å². The number of allylic oxidation sites excluding steroid dienone is 1. The maximum atomic E-state index is 12.2. The Hall–Kier alpha value is -2.85. The van der Waals surface area contributed by atoms with Gasteiger partial charge >= 0.3 is 0 Å². The number of benzene rings is 2. The Bertz CT molecular complexity index is 910. The van der Waals surface area contributed by atoms with Gasteiger partial charge in [-0.1, -0.05) is 42.5 Å². The lowest BCUT2D eigenvalue weighted by Crippen LogP contribution is -1.97. The van der Waals surface area contributed by atoms with Crippen LogP contribution in [-0.2, 0) is 6.61 Å². The second-order valence-electron chi connectivity index (χ2n) is 5.79. The van der Waals surface area contributed by atoms with Gasteiger partial charge in [-0.25, -0.2) is 0 Å². The minimum atomic E-state index is 0.00599. The van der Waals surface area contributed by atoms with Crippen molar-refractivity contribution in [2.75, 3.05) is 7.11 Å². The first-order chi connectivity index (χ1) is 12.7. The molecule has 1 heterocycles. The largest absolute Gasteiger partial charge is 0.493 e. The van der Waals surface area contributed by atoms with Crippen molar-refractivity contribution in [3.8, 4) is 11.5 Å². The van der Waals surface area contributed by atoms with Crippen molar-refractivity contribution < 1.29 is 14.3 Å². The van der Waals surface area contributed by atoms with E-state index in [0.29, 0.717) is 18.1 Å². The van der Waals surface area contributed by atoms with Crippen molar-refractivity contribution in [3.63, 3.8) is 0 Å². The molecule has 3 aromatic rings. The van der Waals surface area contributed by atoms with E-state index in [1.54, 1.807) is 19.3 Å². The Balaban J connectivity index is 1.69. The van der Waals surface area contributed by atoms with E-state index in [2.05, 4.69) is 0 Å². The predicted molar refractivity (Wildman–Crippen MR) is 106 cm³/mol. The topological polar surface area (TPSA) is 35.5 Å². The van der Waals surface area contributed by atoms with Crippen LogP contribution in [0.2, 0.25) is 0 Å². The fraction of sp³-hybridized carbons (Fsp3) is 0.136. The second kappa shape index (κ2) is 8.50. The molecule has 0 aliphatic carbocycles. The van der Waals surface area contributed by atoms with Crippen LogP contribution in [0.3, 0.4) is 0 Å². The lowest BCUT2D eigenvalue weighted by molar-refractivity contribution is 0.105. The molecule has 3 nitrogen and oxygen atoms in total. The number of ether oxygens (including phenoxy) is 2. The molecular formula is C22H20O3S. The smallest absolute Gasteiger partial charge is 0.195 e. The summed E-state index contributed by atoms with van der Waals surface area (Å²) in [4.78, 5) is 14.1. The van der Waals surface area contributed by atoms with E-state index < -0.39 is 0 Å². The molecule has 0 radical (unpaired) electrons. The van der Waals surface area contributed by atoms with Crippen molar-refractivity contribution in [1.82, 2.24) is 0 Å². The standard InChI is InChI=1S/C22H20O3S/c1-16-8-13-22(26-16)19(23)11-9-17-10-12-20(21(14-17)24-2)25-15-18-6-4-3-5-7-18/h3-14H,15H2,1-2H3/b11-9+. The summed E-state index contributed by atoms with van der Waals surface area (Å²) in [7, 11) is 1.61. The zero-order valence-electron chi connectivity index (χ0n) is 14.8. The molecule has 3 rings (SSSR count). The number of aryl methyl sites for hydroxylation is 1. The summed E-state index contributed by atoms with van der Waals surface area (Å²) in [6, 6.07) is 19.4. The van der Waals surface area contributed by atoms with Gasteiger partial charge < -0.3 is 9.47 Å². The van der Waals surface area contributed by atoms with Gasteiger partial charge in [0.25, 0.3) is 0 Å². The summed E-state index contributed by atoms with van der Waals surface area (Å²) in [6.45, 7) is 2.47. The van der Waals surface area contributed by atoms with Crippen LogP contribution in [0.15, 0.2) is 66.7 Å². The van der Waals surface area contributed by atoms with Crippen LogP contribution in [0.4, 0.5) is 0 Å². The highest BCUT2D eigenvalue weighted by atomic mass is 32.1. The first-order valence-corrected chi connectivity index (χ1v) is 9.11. The van der Waals surface area contributed by atoms with Gasteiger partial charge in [-0.3, -0.25) is 4.79 Å². The van der Waals surface area contributed by atoms with E-state index >= 15 is 0 Å². The normalized spacial score (nSPS) is 10.8. The molecule has 0 spiro atoms. The van der Waals surface area contributed by atoms with Gasteiger partial charge in [0.15, 0.2) is 17.3 Å². The molecule has 0 saturated heterocycles. The highest BCUT2D eigenvalue weighted by molar-refractivity contribution is 7.14. The van der Waals surface area contributed by atoms with E-state index in [1.165, 1.54) is 11.3 Å². The SMILES string of the molecule is COc1cc(/C=C/C(=O)c2ccc(C)s2)ccc1OCc1ccccc1. The molecular weight excluding hydrogens is 344 g/mol. The maximum absolute atomic E-state index is 12.2. The van der Waals surface area contributed by atoms with Crippen LogP contribution in [0.1, 0.15) is 25.7 Å². The predicted octanol–water partition coefficient (Wildman–Crippen LogP) is 5.54. The molecule has 132 valence electrons. The third-order valence-electron chi connectivity index (χ3n) is 3.84. The summed E-state index contributed by atoms with van der Waals surface area (Å²) >= 11 is 1.50. The number of ketones is 1. The fourth-order valence-corrected chi connectivity index (χ4v) is 3.25. The molecule has 2 aromatic carbocycles. The summed E-state index contributed by atoms with van der Waals surface area (Å²) in [5.74, 6) is 1.32. The van der Waals surface area contributed by atoms with Gasteiger partial charge in [0.05, 0.1) is 12.0 Å². The zero-order chi connectivity index (χ0) is 18.4. The van der Waals surface area contributed by atoms with E-state index in [9.17, 15) is 4.79 Å². The van der Waals surface area contributed by atoms with Crippen molar-refractivity contribution in [2.45, 2.75) is 13.5 Å². The lowest BCUT2D eigenvalue weighted by Gasteiger charge is -2.11. The third kappa shape index (κ3) is 4.61. The van der Waals surface area contributed by atoms with E-state index in [-0.39, 0.29) is 5.78 Å². The van der Waals surface area contributed by atoms with Gasteiger partial charge in [-0.2, -0.15) is 0 Å². The minimum absolute atomic E-state index is 0.00599. The number of carbonyl (C=O) groups is 1. The average Bonchev–Trinajstić information content (AvgIpc) is 3.12. The van der Waals surface area contributed by atoms with Gasteiger partial charge in [0, 0.05) is 4.88 Å². The molecule has 26 heavy (non-hydrogen) atoms. The molecule has 0 bridgehead atoms. The fourth-order valence-electron chi connectivity index (χ4n) is 2.46. The van der Waals surface area contributed by atoms with Crippen LogP contribution >= 0.6 is 11.3 Å². The third-order valence-corrected chi connectivity index (χ3v) is 4.85. The Kier molecular flexibility index (Phi) is 5.87. The van der Waals surface area contributed by atoms with Crippen molar-refractivity contribution in [1.29, 1.82) is 0 Å². The summed E-state index contributed by atoms with van der Waals surface area (Å²) in [5, 5.41) is 0. The van der Waals surface area contributed by atoms with Crippen molar-refractivity contribution in [3.05, 3.63) is 87.6 Å². The highest BCUT2D eigenvalue weighted by Crippen LogP contribution is 2.29. The summed E-state index contributed by atoms with van der Waals surface area (Å²) in [6.07, 6.45) is 3.38. The molecule has 4 heteroatoms. The molecule has 0 saturated carbocycles. The molecule has 0 amide bonds.